The summed E-state index contributed by atoms with van der Waals surface area (Å²) in [6.07, 6.45) is 2.63. The van der Waals surface area contributed by atoms with Gasteiger partial charge in [-0.2, -0.15) is 0 Å². The highest BCUT2D eigenvalue weighted by Gasteiger charge is 2.15. The molecule has 4 heteroatoms. The van der Waals surface area contributed by atoms with E-state index in [0.717, 1.165) is 39.7 Å². The molecule has 0 fully saturated rings. The Morgan fingerprint density at radius 1 is 0.960 bits per heavy atom. The zero-order chi connectivity index (χ0) is 17.4. The summed E-state index contributed by atoms with van der Waals surface area (Å²) in [7, 11) is 0. The normalized spacial score (nSPS) is 11.2. The number of hydrogen-bond donors (Lipinski definition) is 1. The molecule has 0 amide bonds. The highest BCUT2D eigenvalue weighted by Crippen LogP contribution is 2.40. The van der Waals surface area contributed by atoms with Gasteiger partial charge in [-0.3, -0.25) is 0 Å². The first-order valence-corrected chi connectivity index (χ1v) is 8.94. The average Bonchev–Trinajstić information content (AvgIpc) is 3.11. The van der Waals surface area contributed by atoms with E-state index in [-0.39, 0.29) is 0 Å². The SMILES string of the molecule is CCc1cccc(-c2ccc3nc[nH]c3c2)c1-c1cc(Cl)ccc1Cl. The Bertz CT molecular complexity index is 1070. The smallest absolute Gasteiger partial charge is 0.0931 e. The molecule has 0 atom stereocenters. The first-order chi connectivity index (χ1) is 12.2. The van der Waals surface area contributed by atoms with Crippen LogP contribution in [-0.4, -0.2) is 9.97 Å². The van der Waals surface area contributed by atoms with Gasteiger partial charge in [-0.15, -0.1) is 0 Å². The van der Waals surface area contributed by atoms with Gasteiger partial charge >= 0.3 is 0 Å². The third-order valence-corrected chi connectivity index (χ3v) is 5.03. The van der Waals surface area contributed by atoms with Crippen molar-refractivity contribution in [1.82, 2.24) is 9.97 Å². The van der Waals surface area contributed by atoms with Crippen molar-refractivity contribution in [1.29, 1.82) is 0 Å². The van der Waals surface area contributed by atoms with Crippen LogP contribution in [0.25, 0.3) is 33.3 Å². The van der Waals surface area contributed by atoms with E-state index in [1.807, 2.05) is 24.3 Å². The third kappa shape index (κ3) is 2.92. The number of imidazole rings is 1. The van der Waals surface area contributed by atoms with Gasteiger partial charge in [-0.1, -0.05) is 54.4 Å². The number of H-pyrrole nitrogens is 1. The minimum absolute atomic E-state index is 0.681. The van der Waals surface area contributed by atoms with E-state index in [4.69, 9.17) is 23.2 Å². The van der Waals surface area contributed by atoms with Gasteiger partial charge < -0.3 is 4.98 Å². The van der Waals surface area contributed by atoms with Crippen LogP contribution in [0.5, 0.6) is 0 Å². The van der Waals surface area contributed by atoms with Gasteiger partial charge in [0.15, 0.2) is 0 Å². The van der Waals surface area contributed by atoms with Crippen molar-refractivity contribution in [3.63, 3.8) is 0 Å². The zero-order valence-corrected chi connectivity index (χ0v) is 15.2. The summed E-state index contributed by atoms with van der Waals surface area (Å²) >= 11 is 12.8. The summed E-state index contributed by atoms with van der Waals surface area (Å²) < 4.78 is 0. The Kier molecular flexibility index (Phi) is 4.24. The first-order valence-electron chi connectivity index (χ1n) is 8.18. The summed E-state index contributed by atoms with van der Waals surface area (Å²) in [5.74, 6) is 0. The summed E-state index contributed by atoms with van der Waals surface area (Å²) in [5, 5.41) is 1.38. The minimum atomic E-state index is 0.681. The molecule has 4 rings (SSSR count). The van der Waals surface area contributed by atoms with Gasteiger partial charge in [0.1, 0.15) is 0 Å². The van der Waals surface area contributed by atoms with Crippen LogP contribution >= 0.6 is 23.2 Å². The predicted octanol–water partition coefficient (Wildman–Crippen LogP) is 6.77. The van der Waals surface area contributed by atoms with E-state index < -0.39 is 0 Å². The molecule has 0 saturated heterocycles. The molecule has 0 bridgehead atoms. The van der Waals surface area contributed by atoms with Gasteiger partial charge in [0.05, 0.1) is 17.4 Å². The predicted molar refractivity (Wildman–Crippen MR) is 106 cm³/mol. The second-order valence-electron chi connectivity index (χ2n) is 5.95. The highest BCUT2D eigenvalue weighted by atomic mass is 35.5. The van der Waals surface area contributed by atoms with E-state index >= 15 is 0 Å². The van der Waals surface area contributed by atoms with E-state index in [0.29, 0.717) is 10.0 Å². The summed E-state index contributed by atoms with van der Waals surface area (Å²) in [6.45, 7) is 2.15. The van der Waals surface area contributed by atoms with Gasteiger partial charge in [0, 0.05) is 15.6 Å². The molecule has 1 aromatic heterocycles. The number of benzene rings is 3. The number of aromatic amines is 1. The molecule has 0 aliphatic rings. The fourth-order valence-electron chi connectivity index (χ4n) is 3.25. The van der Waals surface area contributed by atoms with Crippen molar-refractivity contribution in [3.05, 3.63) is 76.5 Å². The maximum absolute atomic E-state index is 6.52. The number of fused-ring (bicyclic) bond motifs is 1. The lowest BCUT2D eigenvalue weighted by atomic mass is 9.89. The van der Waals surface area contributed by atoms with Crippen molar-refractivity contribution in [2.75, 3.05) is 0 Å². The quantitative estimate of drug-likeness (QED) is 0.425. The summed E-state index contributed by atoms with van der Waals surface area (Å²) in [6, 6.07) is 18.2. The maximum atomic E-state index is 6.52. The molecule has 1 heterocycles. The molecule has 0 aliphatic heterocycles. The number of rotatable bonds is 3. The molecule has 0 saturated carbocycles. The van der Waals surface area contributed by atoms with Crippen molar-refractivity contribution in [2.45, 2.75) is 13.3 Å². The van der Waals surface area contributed by atoms with Crippen molar-refractivity contribution in [3.8, 4) is 22.3 Å². The van der Waals surface area contributed by atoms with E-state index in [9.17, 15) is 0 Å². The second-order valence-corrected chi connectivity index (χ2v) is 6.80. The van der Waals surface area contributed by atoms with Crippen molar-refractivity contribution in [2.24, 2.45) is 0 Å². The Hall–Kier alpha value is -2.29. The van der Waals surface area contributed by atoms with Crippen LogP contribution in [0.4, 0.5) is 0 Å². The third-order valence-electron chi connectivity index (χ3n) is 4.46. The van der Waals surface area contributed by atoms with E-state index in [1.54, 1.807) is 6.33 Å². The number of hydrogen-bond acceptors (Lipinski definition) is 1. The first kappa shape index (κ1) is 16.2. The van der Waals surface area contributed by atoms with Crippen LogP contribution in [0.15, 0.2) is 60.9 Å². The molecular formula is C21H16Cl2N2. The number of halogens is 2. The van der Waals surface area contributed by atoms with Crippen LogP contribution in [0.3, 0.4) is 0 Å². The van der Waals surface area contributed by atoms with Gasteiger partial charge in [0.25, 0.3) is 0 Å². The Labute approximate surface area is 156 Å². The average molecular weight is 367 g/mol. The molecule has 0 aliphatic carbocycles. The Morgan fingerprint density at radius 2 is 1.84 bits per heavy atom. The highest BCUT2D eigenvalue weighted by molar-refractivity contribution is 6.35. The largest absolute Gasteiger partial charge is 0.345 e. The van der Waals surface area contributed by atoms with Crippen LogP contribution in [0.2, 0.25) is 10.0 Å². The lowest BCUT2D eigenvalue weighted by Gasteiger charge is -2.16. The maximum Gasteiger partial charge on any atom is 0.0931 e. The standard InChI is InChI=1S/C21H16Cl2N2/c1-2-13-4-3-5-16(14-6-9-19-20(10-14)25-12-24-19)21(13)17-11-15(22)7-8-18(17)23/h3-12H,2H2,1H3,(H,24,25). The molecule has 4 aromatic rings. The Balaban J connectivity index is 2.01. The second kappa shape index (κ2) is 6.55. The summed E-state index contributed by atoms with van der Waals surface area (Å²) in [5.41, 5.74) is 7.58. The van der Waals surface area contributed by atoms with Crippen LogP contribution in [-0.2, 0) is 6.42 Å². The lowest BCUT2D eigenvalue weighted by Crippen LogP contribution is -1.93. The number of nitrogens with zero attached hydrogens (tertiary/aromatic N) is 1. The Morgan fingerprint density at radius 3 is 2.68 bits per heavy atom. The topological polar surface area (TPSA) is 28.7 Å². The van der Waals surface area contributed by atoms with Crippen molar-refractivity contribution >= 4 is 34.2 Å². The molecule has 2 nitrogen and oxygen atoms in total. The van der Waals surface area contributed by atoms with Crippen LogP contribution in [0.1, 0.15) is 12.5 Å². The molecule has 0 spiro atoms. The van der Waals surface area contributed by atoms with Crippen molar-refractivity contribution < 1.29 is 0 Å². The molecule has 3 aromatic carbocycles. The zero-order valence-electron chi connectivity index (χ0n) is 13.7. The van der Waals surface area contributed by atoms with Crippen LogP contribution < -0.4 is 0 Å². The molecule has 0 radical (unpaired) electrons. The minimum Gasteiger partial charge on any atom is -0.345 e. The fourth-order valence-corrected chi connectivity index (χ4v) is 3.63. The number of aromatic nitrogens is 2. The molecule has 124 valence electrons. The van der Waals surface area contributed by atoms with Gasteiger partial charge in [-0.05, 0) is 59.0 Å². The van der Waals surface area contributed by atoms with Crippen LogP contribution in [0, 0.1) is 0 Å². The van der Waals surface area contributed by atoms with Gasteiger partial charge in [-0.25, -0.2) is 4.98 Å². The lowest BCUT2D eigenvalue weighted by molar-refractivity contribution is 1.14. The molecule has 1 N–H and O–H groups in total. The number of nitrogens with one attached hydrogen (secondary N) is 1. The summed E-state index contributed by atoms with van der Waals surface area (Å²) in [4.78, 5) is 7.48. The monoisotopic (exact) mass is 366 g/mol. The van der Waals surface area contributed by atoms with Gasteiger partial charge in [0.2, 0.25) is 0 Å². The van der Waals surface area contributed by atoms with E-state index in [1.165, 1.54) is 5.56 Å². The van der Waals surface area contributed by atoms with E-state index in [2.05, 4.69) is 47.2 Å². The molecule has 25 heavy (non-hydrogen) atoms. The fraction of sp³-hybridized carbons (Fsp3) is 0.0952. The molecular weight excluding hydrogens is 351 g/mol. The molecule has 0 unspecified atom stereocenters. The number of aryl methyl sites for hydroxylation is 1.